The molecule has 2 nitrogen and oxygen atoms in total. The number of hydrogen-bond donors (Lipinski definition) is 1. The van der Waals surface area contributed by atoms with E-state index in [2.05, 4.69) is 20.9 Å². The Kier molecular flexibility index (Phi) is 3.97. The van der Waals surface area contributed by atoms with Crippen LogP contribution >= 0.6 is 38.9 Å². The van der Waals surface area contributed by atoms with Gasteiger partial charge in [-0.3, -0.25) is 4.98 Å². The number of aliphatic hydroxyl groups is 1. The third-order valence-corrected chi connectivity index (χ3v) is 4.75. The third kappa shape index (κ3) is 2.83. The molecule has 0 aliphatic carbocycles. The van der Waals surface area contributed by atoms with Gasteiger partial charge in [0, 0.05) is 28.2 Å². The molecule has 0 saturated carbocycles. The van der Waals surface area contributed by atoms with E-state index in [1.807, 2.05) is 18.2 Å². The standard InChI is InChI=1S/C11H9BrClNOS/c12-8-6-10(16-11(8)13)9(15)5-7-1-3-14-4-2-7/h1-4,6,9,15H,5H2. The molecule has 1 N–H and O–H groups in total. The molecule has 0 radical (unpaired) electrons. The van der Waals surface area contributed by atoms with E-state index in [9.17, 15) is 5.11 Å². The fraction of sp³-hybridized carbons (Fsp3) is 0.182. The Hall–Kier alpha value is -0.420. The monoisotopic (exact) mass is 317 g/mol. The van der Waals surface area contributed by atoms with Gasteiger partial charge < -0.3 is 5.11 Å². The van der Waals surface area contributed by atoms with E-state index in [0.717, 1.165) is 14.9 Å². The molecule has 5 heteroatoms. The summed E-state index contributed by atoms with van der Waals surface area (Å²) in [4.78, 5) is 4.81. The molecule has 2 heterocycles. The fourth-order valence-corrected chi connectivity index (χ4v) is 3.09. The van der Waals surface area contributed by atoms with Crippen LogP contribution in [0.3, 0.4) is 0 Å². The van der Waals surface area contributed by atoms with E-state index in [4.69, 9.17) is 11.6 Å². The summed E-state index contributed by atoms with van der Waals surface area (Å²) in [6.45, 7) is 0. The Balaban J connectivity index is 2.11. The normalized spacial score (nSPS) is 12.7. The smallest absolute Gasteiger partial charge is 0.107 e. The minimum absolute atomic E-state index is 0.517. The number of halogens is 2. The van der Waals surface area contributed by atoms with Crippen molar-refractivity contribution in [2.45, 2.75) is 12.5 Å². The number of nitrogens with zero attached hydrogens (tertiary/aromatic N) is 1. The largest absolute Gasteiger partial charge is 0.387 e. The second-order valence-corrected chi connectivity index (χ2v) is 5.89. The van der Waals surface area contributed by atoms with Gasteiger partial charge in [-0.15, -0.1) is 11.3 Å². The van der Waals surface area contributed by atoms with Crippen LogP contribution in [0, 0.1) is 0 Å². The van der Waals surface area contributed by atoms with Crippen LogP contribution in [0.4, 0.5) is 0 Å². The average Bonchev–Trinajstić information content (AvgIpc) is 2.61. The summed E-state index contributed by atoms with van der Waals surface area (Å²) in [5.74, 6) is 0. The SMILES string of the molecule is OC(Cc1ccncc1)c1cc(Br)c(Cl)s1. The Bertz CT molecular complexity index is 455. The molecule has 1 atom stereocenters. The summed E-state index contributed by atoms with van der Waals surface area (Å²) in [5.41, 5.74) is 1.06. The van der Waals surface area contributed by atoms with Crippen LogP contribution in [0.2, 0.25) is 4.34 Å². The highest BCUT2D eigenvalue weighted by atomic mass is 79.9. The number of rotatable bonds is 3. The van der Waals surface area contributed by atoms with E-state index in [1.54, 1.807) is 12.4 Å². The van der Waals surface area contributed by atoms with Gasteiger partial charge >= 0.3 is 0 Å². The fourth-order valence-electron chi connectivity index (χ4n) is 1.37. The number of aromatic nitrogens is 1. The van der Waals surface area contributed by atoms with Crippen molar-refractivity contribution in [1.29, 1.82) is 0 Å². The lowest BCUT2D eigenvalue weighted by Crippen LogP contribution is -1.99. The lowest BCUT2D eigenvalue weighted by atomic mass is 10.1. The van der Waals surface area contributed by atoms with Gasteiger partial charge in [-0.1, -0.05) is 11.6 Å². The van der Waals surface area contributed by atoms with Crippen LogP contribution in [0.25, 0.3) is 0 Å². The van der Waals surface area contributed by atoms with Gasteiger partial charge in [-0.25, -0.2) is 0 Å². The number of hydrogen-bond acceptors (Lipinski definition) is 3. The summed E-state index contributed by atoms with van der Waals surface area (Å²) in [6, 6.07) is 5.65. The van der Waals surface area contributed by atoms with Crippen molar-refractivity contribution < 1.29 is 5.11 Å². The molecule has 1 unspecified atom stereocenters. The van der Waals surface area contributed by atoms with Crippen molar-refractivity contribution in [2.24, 2.45) is 0 Å². The predicted molar refractivity (Wildman–Crippen MR) is 69.9 cm³/mol. The van der Waals surface area contributed by atoms with Gasteiger partial charge in [0.15, 0.2) is 0 Å². The van der Waals surface area contributed by atoms with E-state index < -0.39 is 6.10 Å². The molecule has 0 saturated heterocycles. The highest BCUT2D eigenvalue weighted by Crippen LogP contribution is 2.36. The van der Waals surface area contributed by atoms with Crippen molar-refractivity contribution in [1.82, 2.24) is 4.98 Å². The summed E-state index contributed by atoms with van der Waals surface area (Å²) >= 11 is 10.6. The van der Waals surface area contributed by atoms with Crippen molar-refractivity contribution >= 4 is 38.9 Å². The summed E-state index contributed by atoms with van der Waals surface area (Å²) < 4.78 is 1.51. The quantitative estimate of drug-likeness (QED) is 0.933. The second kappa shape index (κ2) is 5.27. The maximum absolute atomic E-state index is 10.0. The first-order chi connectivity index (χ1) is 7.66. The van der Waals surface area contributed by atoms with Crippen molar-refractivity contribution in [3.8, 4) is 0 Å². The second-order valence-electron chi connectivity index (χ2n) is 3.35. The lowest BCUT2D eigenvalue weighted by Gasteiger charge is -2.07. The third-order valence-electron chi connectivity index (χ3n) is 2.17. The van der Waals surface area contributed by atoms with E-state index in [1.165, 1.54) is 11.3 Å². The molecule has 2 aromatic rings. The van der Waals surface area contributed by atoms with Crippen LogP contribution in [0.1, 0.15) is 16.5 Å². The van der Waals surface area contributed by atoms with Crippen LogP contribution in [0.5, 0.6) is 0 Å². The molecular formula is C11H9BrClNOS. The molecule has 0 bridgehead atoms. The number of pyridine rings is 1. The van der Waals surface area contributed by atoms with Gasteiger partial charge in [-0.05, 0) is 39.7 Å². The molecule has 2 aromatic heterocycles. The Morgan fingerprint density at radius 2 is 2.12 bits per heavy atom. The molecule has 16 heavy (non-hydrogen) atoms. The van der Waals surface area contributed by atoms with Crippen LogP contribution < -0.4 is 0 Å². The predicted octanol–water partition coefficient (Wildman–Crippen LogP) is 3.84. The van der Waals surface area contributed by atoms with Gasteiger partial charge in [0.1, 0.15) is 4.34 Å². The van der Waals surface area contributed by atoms with Crippen molar-refractivity contribution in [2.75, 3.05) is 0 Å². The van der Waals surface area contributed by atoms with E-state index in [-0.39, 0.29) is 0 Å². The number of aliphatic hydroxyl groups excluding tert-OH is 1. The molecule has 0 spiro atoms. The zero-order valence-corrected chi connectivity index (χ0v) is 11.4. The molecular weight excluding hydrogens is 310 g/mol. The highest BCUT2D eigenvalue weighted by Gasteiger charge is 2.13. The Morgan fingerprint density at radius 1 is 1.44 bits per heavy atom. The average molecular weight is 319 g/mol. The van der Waals surface area contributed by atoms with Crippen molar-refractivity contribution in [3.63, 3.8) is 0 Å². The van der Waals surface area contributed by atoms with Gasteiger partial charge in [0.2, 0.25) is 0 Å². The first kappa shape index (κ1) is 12.0. The molecule has 0 aliphatic rings. The Labute approximate surface area is 111 Å². The molecule has 0 aliphatic heterocycles. The lowest BCUT2D eigenvalue weighted by molar-refractivity contribution is 0.182. The highest BCUT2D eigenvalue weighted by molar-refractivity contribution is 9.10. The topological polar surface area (TPSA) is 33.1 Å². The molecule has 0 aromatic carbocycles. The molecule has 84 valence electrons. The summed E-state index contributed by atoms with van der Waals surface area (Å²) in [5, 5.41) is 10.0. The minimum Gasteiger partial charge on any atom is -0.387 e. The number of thiophene rings is 1. The van der Waals surface area contributed by atoms with Crippen LogP contribution in [-0.2, 0) is 6.42 Å². The Morgan fingerprint density at radius 3 is 2.69 bits per heavy atom. The van der Waals surface area contributed by atoms with Gasteiger partial charge in [0.05, 0.1) is 6.10 Å². The minimum atomic E-state index is -0.517. The molecule has 0 fully saturated rings. The van der Waals surface area contributed by atoms with Gasteiger partial charge in [-0.2, -0.15) is 0 Å². The maximum Gasteiger partial charge on any atom is 0.107 e. The zero-order chi connectivity index (χ0) is 11.5. The van der Waals surface area contributed by atoms with E-state index >= 15 is 0 Å². The van der Waals surface area contributed by atoms with Crippen LogP contribution in [0.15, 0.2) is 35.1 Å². The van der Waals surface area contributed by atoms with Crippen molar-refractivity contribution in [3.05, 3.63) is 49.8 Å². The van der Waals surface area contributed by atoms with Gasteiger partial charge in [0.25, 0.3) is 0 Å². The maximum atomic E-state index is 10.0. The van der Waals surface area contributed by atoms with E-state index in [0.29, 0.717) is 10.8 Å². The molecule has 0 amide bonds. The molecule has 2 rings (SSSR count). The summed E-state index contributed by atoms with van der Waals surface area (Å²) in [7, 11) is 0. The first-order valence-electron chi connectivity index (χ1n) is 4.68. The zero-order valence-electron chi connectivity index (χ0n) is 8.23. The van der Waals surface area contributed by atoms with Crippen LogP contribution in [-0.4, -0.2) is 10.1 Å². The first-order valence-corrected chi connectivity index (χ1v) is 6.67. The summed E-state index contributed by atoms with van der Waals surface area (Å²) in [6.07, 6.45) is 3.50.